The highest BCUT2D eigenvalue weighted by molar-refractivity contribution is 5.83. The van der Waals surface area contributed by atoms with Crippen molar-refractivity contribution in [3.8, 4) is 0 Å². The Labute approximate surface area is 156 Å². The van der Waals surface area contributed by atoms with Crippen LogP contribution in [0.25, 0.3) is 10.9 Å². The second-order valence-electron chi connectivity index (χ2n) is 6.43. The van der Waals surface area contributed by atoms with Crippen molar-refractivity contribution in [1.82, 2.24) is 14.8 Å². The predicted molar refractivity (Wildman–Crippen MR) is 109 cm³/mol. The standard InChI is InChI=1S/C20H21N7/c21-18-10-15(19(22)20(25-18)26-23)9-14-7-4-8-17-16(14)11-24-27(17)12-13-5-2-1-3-6-13/h1-8,10-11H,9,12,22-23H2,(H3,21,25,26). The molecule has 0 saturated heterocycles. The molecule has 27 heavy (non-hydrogen) atoms. The van der Waals surface area contributed by atoms with E-state index in [1.807, 2.05) is 35.1 Å². The first kappa shape index (κ1) is 16.9. The number of rotatable bonds is 5. The van der Waals surface area contributed by atoms with Gasteiger partial charge in [0.15, 0.2) is 5.82 Å². The van der Waals surface area contributed by atoms with E-state index >= 15 is 0 Å². The largest absolute Gasteiger partial charge is 0.395 e. The fraction of sp³-hybridized carbons (Fsp3) is 0.100. The Morgan fingerprint density at radius 1 is 0.963 bits per heavy atom. The molecule has 136 valence electrons. The third kappa shape index (κ3) is 3.28. The van der Waals surface area contributed by atoms with E-state index in [0.717, 1.165) is 28.6 Å². The van der Waals surface area contributed by atoms with Crippen LogP contribution in [-0.4, -0.2) is 14.8 Å². The third-order valence-corrected chi connectivity index (χ3v) is 4.63. The molecule has 7 N–H and O–H groups in total. The van der Waals surface area contributed by atoms with Gasteiger partial charge in [-0.15, -0.1) is 0 Å². The summed E-state index contributed by atoms with van der Waals surface area (Å²) in [6, 6.07) is 18.2. The van der Waals surface area contributed by atoms with E-state index in [-0.39, 0.29) is 0 Å². The normalized spacial score (nSPS) is 11.0. The van der Waals surface area contributed by atoms with Crippen LogP contribution in [0.5, 0.6) is 0 Å². The molecule has 0 radical (unpaired) electrons. The molecule has 0 bridgehead atoms. The van der Waals surface area contributed by atoms with Crippen molar-refractivity contribution < 1.29 is 0 Å². The van der Waals surface area contributed by atoms with Gasteiger partial charge in [0.2, 0.25) is 0 Å². The topological polar surface area (TPSA) is 121 Å². The summed E-state index contributed by atoms with van der Waals surface area (Å²) in [5, 5.41) is 5.67. The van der Waals surface area contributed by atoms with Gasteiger partial charge in [0.05, 0.1) is 23.9 Å². The number of hydrogen-bond donors (Lipinski definition) is 4. The molecule has 0 fully saturated rings. The summed E-state index contributed by atoms with van der Waals surface area (Å²) in [5.41, 5.74) is 19.3. The third-order valence-electron chi connectivity index (χ3n) is 4.63. The van der Waals surface area contributed by atoms with E-state index in [0.29, 0.717) is 23.7 Å². The Balaban J connectivity index is 1.71. The second-order valence-corrected chi connectivity index (χ2v) is 6.43. The van der Waals surface area contributed by atoms with Crippen LogP contribution in [0.3, 0.4) is 0 Å². The van der Waals surface area contributed by atoms with Crippen molar-refractivity contribution in [3.05, 3.63) is 77.5 Å². The van der Waals surface area contributed by atoms with Crippen molar-refractivity contribution in [2.75, 3.05) is 16.9 Å². The van der Waals surface area contributed by atoms with Crippen LogP contribution in [0.2, 0.25) is 0 Å². The monoisotopic (exact) mass is 359 g/mol. The fourth-order valence-corrected chi connectivity index (χ4v) is 3.29. The lowest BCUT2D eigenvalue weighted by molar-refractivity contribution is 0.712. The summed E-state index contributed by atoms with van der Waals surface area (Å²) in [7, 11) is 0. The summed E-state index contributed by atoms with van der Waals surface area (Å²) in [6.07, 6.45) is 2.51. The average Bonchev–Trinajstić information content (AvgIpc) is 3.09. The van der Waals surface area contributed by atoms with Gasteiger partial charge in [-0.25, -0.2) is 10.8 Å². The van der Waals surface area contributed by atoms with Crippen LogP contribution >= 0.6 is 0 Å². The minimum atomic E-state index is 0.374. The molecule has 7 heteroatoms. The maximum atomic E-state index is 6.18. The lowest BCUT2D eigenvalue weighted by Crippen LogP contribution is -2.13. The average molecular weight is 359 g/mol. The minimum Gasteiger partial charge on any atom is -0.395 e. The number of anilines is 3. The molecule has 0 saturated carbocycles. The number of aromatic nitrogens is 3. The molecule has 0 aliphatic heterocycles. The highest BCUT2D eigenvalue weighted by Crippen LogP contribution is 2.28. The van der Waals surface area contributed by atoms with Crippen molar-refractivity contribution in [3.63, 3.8) is 0 Å². The van der Waals surface area contributed by atoms with E-state index in [2.05, 4.69) is 39.8 Å². The first-order valence-corrected chi connectivity index (χ1v) is 8.64. The van der Waals surface area contributed by atoms with Crippen LogP contribution in [0.15, 0.2) is 60.8 Å². The van der Waals surface area contributed by atoms with Gasteiger partial charge >= 0.3 is 0 Å². The molecular formula is C20H21N7. The number of pyridine rings is 1. The number of nitrogen functional groups attached to an aromatic ring is 3. The van der Waals surface area contributed by atoms with E-state index in [9.17, 15) is 0 Å². The lowest BCUT2D eigenvalue weighted by Gasteiger charge is -2.12. The van der Waals surface area contributed by atoms with Crippen LogP contribution in [0, 0.1) is 0 Å². The summed E-state index contributed by atoms with van der Waals surface area (Å²) in [4.78, 5) is 4.11. The summed E-state index contributed by atoms with van der Waals surface area (Å²) in [5.74, 6) is 6.25. The Kier molecular flexibility index (Phi) is 4.35. The quantitative estimate of drug-likeness (QED) is 0.321. The molecule has 0 aliphatic rings. The zero-order valence-corrected chi connectivity index (χ0v) is 14.8. The first-order chi connectivity index (χ1) is 13.2. The Hall–Kier alpha value is -3.58. The van der Waals surface area contributed by atoms with Crippen LogP contribution in [0.1, 0.15) is 16.7 Å². The van der Waals surface area contributed by atoms with Gasteiger partial charge < -0.3 is 16.9 Å². The number of nitrogens with zero attached hydrogens (tertiary/aromatic N) is 3. The van der Waals surface area contributed by atoms with Crippen molar-refractivity contribution in [2.24, 2.45) is 5.84 Å². The molecule has 2 aromatic carbocycles. The van der Waals surface area contributed by atoms with Gasteiger partial charge in [-0.3, -0.25) is 4.68 Å². The number of hydrogen-bond acceptors (Lipinski definition) is 6. The van der Waals surface area contributed by atoms with E-state index < -0.39 is 0 Å². The van der Waals surface area contributed by atoms with Crippen LogP contribution in [0.4, 0.5) is 17.3 Å². The highest BCUT2D eigenvalue weighted by atomic mass is 15.3. The maximum Gasteiger partial charge on any atom is 0.165 e. The summed E-state index contributed by atoms with van der Waals surface area (Å²) >= 11 is 0. The number of fused-ring (bicyclic) bond motifs is 1. The van der Waals surface area contributed by atoms with Gasteiger partial charge in [0.1, 0.15) is 5.82 Å². The summed E-state index contributed by atoms with van der Waals surface area (Å²) < 4.78 is 2.01. The molecule has 0 amide bonds. The molecule has 0 unspecified atom stereocenters. The molecule has 0 aliphatic carbocycles. The molecule has 2 aromatic heterocycles. The van der Waals surface area contributed by atoms with Crippen molar-refractivity contribution >= 4 is 28.2 Å². The molecule has 7 nitrogen and oxygen atoms in total. The van der Waals surface area contributed by atoms with Gasteiger partial charge in [0.25, 0.3) is 0 Å². The SMILES string of the molecule is NNc1nc(N)cc(Cc2cccc3c2cnn3Cc2ccccc2)c1N. The minimum absolute atomic E-state index is 0.374. The fourth-order valence-electron chi connectivity index (χ4n) is 3.29. The first-order valence-electron chi connectivity index (χ1n) is 8.64. The van der Waals surface area contributed by atoms with Crippen LogP contribution < -0.4 is 22.7 Å². The molecule has 0 atom stereocenters. The number of nitrogens with one attached hydrogen (secondary N) is 1. The molecule has 2 heterocycles. The van der Waals surface area contributed by atoms with Crippen molar-refractivity contribution in [1.29, 1.82) is 0 Å². The van der Waals surface area contributed by atoms with E-state index in [1.54, 1.807) is 6.07 Å². The number of hydrazine groups is 1. The van der Waals surface area contributed by atoms with Crippen molar-refractivity contribution in [2.45, 2.75) is 13.0 Å². The van der Waals surface area contributed by atoms with Gasteiger partial charge in [-0.2, -0.15) is 5.10 Å². The molecule has 4 rings (SSSR count). The number of benzene rings is 2. The highest BCUT2D eigenvalue weighted by Gasteiger charge is 2.12. The lowest BCUT2D eigenvalue weighted by atomic mass is 10.0. The van der Waals surface area contributed by atoms with Crippen LogP contribution in [-0.2, 0) is 13.0 Å². The summed E-state index contributed by atoms with van der Waals surface area (Å²) in [6.45, 7) is 0.722. The Morgan fingerprint density at radius 2 is 1.78 bits per heavy atom. The zero-order chi connectivity index (χ0) is 18.8. The Morgan fingerprint density at radius 3 is 2.56 bits per heavy atom. The van der Waals surface area contributed by atoms with E-state index in [4.69, 9.17) is 17.3 Å². The van der Waals surface area contributed by atoms with Gasteiger partial charge in [0, 0.05) is 11.8 Å². The second kappa shape index (κ2) is 6.97. The number of nitrogens with two attached hydrogens (primary N) is 3. The maximum absolute atomic E-state index is 6.18. The molecular weight excluding hydrogens is 338 g/mol. The zero-order valence-electron chi connectivity index (χ0n) is 14.8. The molecule has 0 spiro atoms. The molecule has 4 aromatic rings. The predicted octanol–water partition coefficient (Wildman–Crippen LogP) is 2.52. The van der Waals surface area contributed by atoms with Gasteiger partial charge in [-0.05, 0) is 28.8 Å². The smallest absolute Gasteiger partial charge is 0.165 e. The van der Waals surface area contributed by atoms with Gasteiger partial charge in [-0.1, -0.05) is 42.5 Å². The van der Waals surface area contributed by atoms with E-state index in [1.165, 1.54) is 5.56 Å². The Bertz CT molecular complexity index is 1090.